The number of Topliss-reactive ketones (excluding diaryl/α,β-unsaturated/α-hetero) is 1. The van der Waals surface area contributed by atoms with E-state index in [1.807, 2.05) is 26.0 Å². The van der Waals surface area contributed by atoms with Gasteiger partial charge in [-0.05, 0) is 85.2 Å². The van der Waals surface area contributed by atoms with Gasteiger partial charge in [-0.1, -0.05) is 60.1 Å². The lowest BCUT2D eigenvalue weighted by Gasteiger charge is -2.69. The van der Waals surface area contributed by atoms with Crippen molar-refractivity contribution in [2.75, 3.05) is 0 Å². The Kier molecular flexibility index (Phi) is 7.08. The minimum Gasteiger partial charge on any atom is -0.366 e. The number of primary amides is 1. The molecule has 0 saturated heterocycles. The largest absolute Gasteiger partial charge is 0.366 e. The monoisotopic (exact) mass is 661 g/mol. The molecule has 7 rings (SSSR count). The summed E-state index contributed by atoms with van der Waals surface area (Å²) in [6, 6.07) is 3.73. The number of imidazole rings is 1. The lowest BCUT2D eigenvalue weighted by Crippen LogP contribution is -2.66. The van der Waals surface area contributed by atoms with E-state index in [4.69, 9.17) is 5.73 Å². The quantitative estimate of drug-likeness (QED) is 0.376. The van der Waals surface area contributed by atoms with Crippen LogP contribution in [-0.2, 0) is 9.59 Å². The van der Waals surface area contributed by atoms with Gasteiger partial charge < -0.3 is 5.73 Å². The third-order valence-electron chi connectivity index (χ3n) is 14.5. The van der Waals surface area contributed by atoms with Gasteiger partial charge in [-0.15, -0.1) is 0 Å². The normalized spacial score (nSPS) is 37.3. The molecule has 3 saturated carbocycles. The summed E-state index contributed by atoms with van der Waals surface area (Å²) in [5.41, 5.74) is 5.11. The number of hydrogen-bond donors (Lipinski definition) is 1. The number of amides is 1. The molecule has 5 aliphatic rings. The van der Waals surface area contributed by atoms with Gasteiger partial charge in [0.1, 0.15) is 12.4 Å². The van der Waals surface area contributed by atoms with Gasteiger partial charge in [-0.25, -0.2) is 4.98 Å². The summed E-state index contributed by atoms with van der Waals surface area (Å²) in [4.78, 5) is 64.0. The topological polar surface area (TPSA) is 149 Å². The predicted molar refractivity (Wildman–Crippen MR) is 184 cm³/mol. The fourth-order valence-corrected chi connectivity index (χ4v) is 11.6. The van der Waals surface area contributed by atoms with Crippen LogP contribution in [0.25, 0.3) is 11.3 Å². The van der Waals surface area contributed by atoms with E-state index < -0.39 is 27.6 Å². The van der Waals surface area contributed by atoms with Gasteiger partial charge in [0.25, 0.3) is 0 Å². The van der Waals surface area contributed by atoms with E-state index in [1.54, 1.807) is 16.8 Å². The van der Waals surface area contributed by atoms with Gasteiger partial charge in [0.2, 0.25) is 11.8 Å². The Balaban J connectivity index is 1.33. The van der Waals surface area contributed by atoms with Gasteiger partial charge in [0.05, 0.1) is 22.2 Å². The van der Waals surface area contributed by atoms with Crippen LogP contribution in [0.2, 0.25) is 0 Å². The number of pyridine rings is 1. The second kappa shape index (κ2) is 10.4. The zero-order valence-electron chi connectivity index (χ0n) is 29.7. The summed E-state index contributed by atoms with van der Waals surface area (Å²) in [6.45, 7) is 15.1. The summed E-state index contributed by atoms with van der Waals surface area (Å²) >= 11 is 0. The summed E-state index contributed by atoms with van der Waals surface area (Å²) < 4.78 is 1.55. The molecule has 7 atom stereocenters. The molecular weight excluding hydrogens is 614 g/mol. The molecule has 256 valence electrons. The van der Waals surface area contributed by atoms with Crippen molar-refractivity contribution in [2.45, 2.75) is 93.4 Å². The van der Waals surface area contributed by atoms with Crippen molar-refractivity contribution in [1.82, 2.24) is 14.5 Å². The zero-order valence-corrected chi connectivity index (χ0v) is 29.7. The van der Waals surface area contributed by atoms with E-state index in [1.165, 1.54) is 18.7 Å². The van der Waals surface area contributed by atoms with E-state index in [0.29, 0.717) is 30.5 Å². The average molecular weight is 662 g/mol. The molecule has 2 N–H and O–H groups in total. The van der Waals surface area contributed by atoms with Crippen molar-refractivity contribution in [3.8, 4) is 17.3 Å². The minimum atomic E-state index is -0.759. The summed E-state index contributed by atoms with van der Waals surface area (Å²) in [5, 5.41) is 10.0. The van der Waals surface area contributed by atoms with Crippen LogP contribution >= 0.6 is 0 Å². The highest BCUT2D eigenvalue weighted by molar-refractivity contribution is 6.05. The Labute approximate surface area is 288 Å². The highest BCUT2D eigenvalue weighted by Crippen LogP contribution is 2.74. The van der Waals surface area contributed by atoms with Crippen molar-refractivity contribution in [2.24, 2.45) is 56.0 Å². The Morgan fingerprint density at radius 3 is 2.43 bits per heavy atom. The van der Waals surface area contributed by atoms with Gasteiger partial charge in [0, 0.05) is 40.9 Å². The third-order valence-corrected chi connectivity index (χ3v) is 14.5. The number of nitrogens with two attached hydrogens (primary N) is 1. The van der Waals surface area contributed by atoms with Crippen LogP contribution in [0, 0.1) is 61.6 Å². The molecule has 0 spiro atoms. The number of nitriles is 1. The molecule has 49 heavy (non-hydrogen) atoms. The maximum absolute atomic E-state index is 14.9. The molecule has 0 bridgehead atoms. The van der Waals surface area contributed by atoms with Crippen molar-refractivity contribution < 1.29 is 19.2 Å². The van der Waals surface area contributed by atoms with Crippen LogP contribution in [0.15, 0.2) is 54.3 Å². The molecule has 9 nitrogen and oxygen atoms in total. The SMILES string of the molecule is CC1(C)CC[C@]2(C(=O)n3cnc(-c4cnccc4C(N)=O)c3)CC[C@]3(C)[C@H](C(=O)C=C4[C@@]5(C)C=C(C#N)C(=O)C(C)(C)C5CC[C@]43C)C2C1. The Morgan fingerprint density at radius 2 is 1.73 bits per heavy atom. The second-order valence-corrected chi connectivity index (χ2v) is 17.7. The van der Waals surface area contributed by atoms with E-state index >= 15 is 0 Å². The van der Waals surface area contributed by atoms with Crippen LogP contribution in [0.5, 0.6) is 0 Å². The molecule has 2 aromatic rings. The van der Waals surface area contributed by atoms with Crippen LogP contribution in [0.1, 0.15) is 109 Å². The van der Waals surface area contributed by atoms with Gasteiger partial charge in [-0.2, -0.15) is 5.26 Å². The lowest BCUT2D eigenvalue weighted by molar-refractivity contribution is -0.164. The number of nitrogens with zero attached hydrogens (tertiary/aromatic N) is 4. The first-order chi connectivity index (χ1) is 22.9. The van der Waals surface area contributed by atoms with Crippen LogP contribution in [0.4, 0.5) is 0 Å². The molecule has 9 heteroatoms. The molecule has 0 radical (unpaired) electrons. The minimum absolute atomic E-state index is 0.0277. The Morgan fingerprint density at radius 1 is 1.02 bits per heavy atom. The molecule has 2 aromatic heterocycles. The van der Waals surface area contributed by atoms with E-state index in [0.717, 1.165) is 31.3 Å². The van der Waals surface area contributed by atoms with Gasteiger partial charge >= 0.3 is 0 Å². The van der Waals surface area contributed by atoms with E-state index in [-0.39, 0.29) is 57.2 Å². The molecule has 1 amide bonds. The van der Waals surface area contributed by atoms with Crippen LogP contribution in [-0.4, -0.2) is 37.9 Å². The molecule has 5 aliphatic carbocycles. The maximum Gasteiger partial charge on any atom is 0.249 e. The first-order valence-corrected chi connectivity index (χ1v) is 17.6. The fourth-order valence-electron chi connectivity index (χ4n) is 11.6. The van der Waals surface area contributed by atoms with Crippen molar-refractivity contribution in [3.05, 3.63) is 59.8 Å². The van der Waals surface area contributed by atoms with Crippen LogP contribution in [0.3, 0.4) is 0 Å². The number of aromatic nitrogens is 3. The number of hydrogen-bond acceptors (Lipinski definition) is 7. The lowest BCUT2D eigenvalue weighted by atomic mass is 9.34. The van der Waals surface area contributed by atoms with E-state index in [2.05, 4.69) is 50.7 Å². The first kappa shape index (κ1) is 33.3. The number of allylic oxidation sites excluding steroid dienone is 4. The molecule has 0 aliphatic heterocycles. The second-order valence-electron chi connectivity index (χ2n) is 17.7. The Hall–Kier alpha value is -4.19. The van der Waals surface area contributed by atoms with Crippen molar-refractivity contribution >= 4 is 23.4 Å². The summed E-state index contributed by atoms with van der Waals surface area (Å²) in [6.07, 6.45) is 15.3. The molecular formula is C40H47N5O4. The number of ketones is 2. The van der Waals surface area contributed by atoms with Crippen molar-refractivity contribution in [3.63, 3.8) is 0 Å². The zero-order chi connectivity index (χ0) is 35.5. The number of fused-ring (bicyclic) bond motifs is 7. The Bertz CT molecular complexity index is 1940. The highest BCUT2D eigenvalue weighted by Gasteiger charge is 2.71. The first-order valence-electron chi connectivity index (χ1n) is 17.6. The smallest absolute Gasteiger partial charge is 0.249 e. The summed E-state index contributed by atoms with van der Waals surface area (Å²) in [5.74, 6) is -1.29. The van der Waals surface area contributed by atoms with E-state index in [9.17, 15) is 24.4 Å². The van der Waals surface area contributed by atoms with Gasteiger partial charge in [-0.3, -0.25) is 28.7 Å². The number of rotatable bonds is 3. The standard InChI is InChI=1S/C40H47N5O4/c1-35(2)11-13-40(34(49)45-21-27(44-22-45)25-20-43-15-9-24(25)33(42)48)14-12-39(7)31(26(40)18-35)28(46)16-30-37(5)17-23(19-41)32(47)36(3,4)29(37)8-10-38(30,39)6/h9,15-17,20-22,26,29,31H,8,10-14,18H2,1-7H3,(H2,42,48)/t26?,29?,31-,37-,38+,39+,40-/m0/s1. The molecule has 2 unspecified atom stereocenters. The van der Waals surface area contributed by atoms with Crippen molar-refractivity contribution in [1.29, 1.82) is 5.26 Å². The molecule has 0 aromatic carbocycles. The fraction of sp³-hybridized carbons (Fsp3) is 0.575. The molecule has 2 heterocycles. The van der Waals surface area contributed by atoms with Crippen LogP contribution < -0.4 is 5.73 Å². The number of carbonyl (C=O) groups excluding carboxylic acids is 4. The number of carbonyl (C=O) groups is 4. The summed E-state index contributed by atoms with van der Waals surface area (Å²) in [7, 11) is 0. The average Bonchev–Trinajstić information content (AvgIpc) is 3.54. The predicted octanol–water partition coefficient (Wildman–Crippen LogP) is 6.90. The van der Waals surface area contributed by atoms with Gasteiger partial charge in [0.15, 0.2) is 11.6 Å². The third kappa shape index (κ3) is 4.34. The highest BCUT2D eigenvalue weighted by atomic mass is 16.2. The molecule has 3 fully saturated rings. The maximum atomic E-state index is 14.9.